The van der Waals surface area contributed by atoms with Crippen molar-refractivity contribution in [2.75, 3.05) is 11.2 Å². The first-order valence-electron chi connectivity index (χ1n) is 7.48. The number of hydroxylamine groups is 2. The molecule has 25 heavy (non-hydrogen) atoms. The van der Waals surface area contributed by atoms with E-state index in [0.29, 0.717) is 28.4 Å². The molecule has 130 valence electrons. The Kier molecular flexibility index (Phi) is 5.31. The van der Waals surface area contributed by atoms with E-state index in [1.165, 1.54) is 0 Å². The van der Waals surface area contributed by atoms with Crippen LogP contribution in [0.15, 0.2) is 48.5 Å². The lowest BCUT2D eigenvalue weighted by Crippen LogP contribution is -2.49. The van der Waals surface area contributed by atoms with Gasteiger partial charge in [-0.15, -0.1) is 16.7 Å². The van der Waals surface area contributed by atoms with E-state index in [2.05, 4.69) is 5.32 Å². The van der Waals surface area contributed by atoms with E-state index in [1.807, 2.05) is 0 Å². The number of hydrogen-bond donors (Lipinski definition) is 1. The summed E-state index contributed by atoms with van der Waals surface area (Å²) in [6.07, 6.45) is -1.32. The van der Waals surface area contributed by atoms with Crippen LogP contribution in [0.2, 0.25) is 5.02 Å². The van der Waals surface area contributed by atoms with Gasteiger partial charge in [-0.1, -0.05) is 23.7 Å². The van der Waals surface area contributed by atoms with Crippen LogP contribution in [0.4, 0.5) is 10.5 Å². The molecule has 0 aliphatic carbocycles. The number of benzene rings is 2. The van der Waals surface area contributed by atoms with Crippen LogP contribution in [0.5, 0.6) is 5.75 Å². The van der Waals surface area contributed by atoms with E-state index >= 15 is 0 Å². The Hall–Kier alpha value is -2.44. The summed E-state index contributed by atoms with van der Waals surface area (Å²) in [5.41, 5.74) is 0.793. The number of hydrogen-bond acceptors (Lipinski definition) is 4. The molecule has 2 aromatic rings. The van der Waals surface area contributed by atoms with Crippen molar-refractivity contribution in [2.45, 2.75) is 12.6 Å². The first-order chi connectivity index (χ1) is 12.1. The third-order valence-electron chi connectivity index (χ3n) is 3.47. The lowest BCUT2D eigenvalue weighted by Gasteiger charge is -2.34. The number of alkyl halides is 1. The fourth-order valence-electron chi connectivity index (χ4n) is 2.32. The zero-order valence-corrected chi connectivity index (χ0v) is 14.5. The highest BCUT2D eigenvalue weighted by Gasteiger charge is 2.36. The molecule has 1 heterocycles. The van der Waals surface area contributed by atoms with Gasteiger partial charge in [0.05, 0.1) is 5.56 Å². The molecule has 0 saturated carbocycles. The molecule has 0 aromatic heterocycles. The lowest BCUT2D eigenvalue weighted by molar-refractivity contribution is -0.153. The van der Waals surface area contributed by atoms with E-state index < -0.39 is 18.2 Å². The fourth-order valence-corrected chi connectivity index (χ4v) is 2.64. The predicted molar refractivity (Wildman–Crippen MR) is 93.9 cm³/mol. The van der Waals surface area contributed by atoms with Crippen molar-refractivity contribution in [1.29, 1.82) is 0 Å². The summed E-state index contributed by atoms with van der Waals surface area (Å²) in [5.74, 6) is 0.197. The number of para-hydroxylation sites is 1. The molecule has 1 aliphatic rings. The average Bonchev–Trinajstić information content (AvgIpc) is 2.60. The number of halogens is 2. The molecule has 0 bridgehead atoms. The van der Waals surface area contributed by atoms with E-state index in [-0.39, 0.29) is 5.88 Å². The number of nitrogens with zero attached hydrogens (tertiary/aromatic N) is 1. The topological polar surface area (TPSA) is 67.9 Å². The van der Waals surface area contributed by atoms with Crippen molar-refractivity contribution in [3.63, 3.8) is 0 Å². The summed E-state index contributed by atoms with van der Waals surface area (Å²) in [5, 5.41) is 3.96. The van der Waals surface area contributed by atoms with Crippen LogP contribution in [0, 0.1) is 0 Å². The number of ether oxygens (including phenoxy) is 1. The number of rotatable bonds is 4. The monoisotopic (exact) mass is 380 g/mol. The van der Waals surface area contributed by atoms with E-state index in [1.54, 1.807) is 48.5 Å². The smallest absolute Gasteiger partial charge is 0.436 e. The second-order valence-corrected chi connectivity index (χ2v) is 6.00. The molecule has 8 heteroatoms. The Morgan fingerprint density at radius 2 is 1.92 bits per heavy atom. The van der Waals surface area contributed by atoms with Crippen LogP contribution in [-0.4, -0.2) is 29.2 Å². The number of carbonyl (C=O) groups excluding carboxylic acids is 2. The van der Waals surface area contributed by atoms with Crippen molar-refractivity contribution in [3.8, 4) is 5.75 Å². The molecule has 2 aromatic carbocycles. The van der Waals surface area contributed by atoms with Gasteiger partial charge in [0.25, 0.3) is 5.91 Å². The molecular formula is C17H14Cl2N2O4. The van der Waals surface area contributed by atoms with Gasteiger partial charge in [0.15, 0.2) is 0 Å². The summed E-state index contributed by atoms with van der Waals surface area (Å²) in [6.45, 7) is 0. The largest absolute Gasteiger partial charge is 0.466 e. The molecule has 1 unspecified atom stereocenters. The van der Waals surface area contributed by atoms with E-state index in [9.17, 15) is 9.59 Å². The maximum atomic E-state index is 12.6. The third kappa shape index (κ3) is 3.97. The van der Waals surface area contributed by atoms with Gasteiger partial charge < -0.3 is 9.57 Å². The SMILES string of the molecule is O=C(Nc1ccc(Cl)cc1)ON1C(=O)c2ccccc2OC1CCCl. The van der Waals surface area contributed by atoms with Crippen LogP contribution in [0.1, 0.15) is 16.8 Å². The van der Waals surface area contributed by atoms with Gasteiger partial charge in [0.1, 0.15) is 5.75 Å². The van der Waals surface area contributed by atoms with Gasteiger partial charge in [-0.2, -0.15) is 0 Å². The Labute approximate surface area is 154 Å². The molecule has 1 atom stereocenters. The molecule has 0 spiro atoms. The molecule has 0 radical (unpaired) electrons. The summed E-state index contributed by atoms with van der Waals surface area (Å²) >= 11 is 11.6. The van der Waals surface area contributed by atoms with Crippen LogP contribution in [-0.2, 0) is 4.84 Å². The molecule has 0 fully saturated rings. The van der Waals surface area contributed by atoms with Crippen LogP contribution in [0.25, 0.3) is 0 Å². The quantitative estimate of drug-likeness (QED) is 0.803. The van der Waals surface area contributed by atoms with Crippen molar-refractivity contribution in [1.82, 2.24) is 5.06 Å². The van der Waals surface area contributed by atoms with E-state index in [0.717, 1.165) is 5.06 Å². The third-order valence-corrected chi connectivity index (χ3v) is 3.94. The average molecular weight is 381 g/mol. The number of anilines is 1. The minimum absolute atomic E-state index is 0.235. The number of amides is 2. The highest BCUT2D eigenvalue weighted by Crippen LogP contribution is 2.29. The number of fused-ring (bicyclic) bond motifs is 1. The van der Waals surface area contributed by atoms with Crippen molar-refractivity contribution >= 4 is 40.9 Å². The molecular weight excluding hydrogens is 367 g/mol. The zero-order valence-electron chi connectivity index (χ0n) is 12.9. The molecule has 2 amide bonds. The first kappa shape index (κ1) is 17.4. The van der Waals surface area contributed by atoms with Gasteiger partial charge in [-0.05, 0) is 36.4 Å². The second kappa shape index (κ2) is 7.63. The highest BCUT2D eigenvalue weighted by molar-refractivity contribution is 6.30. The Bertz CT molecular complexity index is 782. The van der Waals surface area contributed by atoms with E-state index in [4.69, 9.17) is 32.8 Å². The van der Waals surface area contributed by atoms with Crippen LogP contribution in [0.3, 0.4) is 0 Å². The molecule has 0 saturated heterocycles. The standard InChI is InChI=1S/C17H14Cl2N2O4/c18-10-9-15-21(16(22)13-3-1-2-4-14(13)24-15)25-17(23)20-12-7-5-11(19)6-8-12/h1-8,15H,9-10H2,(H,20,23). The summed E-state index contributed by atoms with van der Waals surface area (Å²) in [4.78, 5) is 29.9. The maximum absolute atomic E-state index is 12.6. The number of nitrogens with one attached hydrogen (secondary N) is 1. The first-order valence-corrected chi connectivity index (χ1v) is 8.39. The molecule has 3 rings (SSSR count). The molecule has 6 nitrogen and oxygen atoms in total. The normalized spacial score (nSPS) is 16.0. The highest BCUT2D eigenvalue weighted by atomic mass is 35.5. The van der Waals surface area contributed by atoms with Crippen LogP contribution >= 0.6 is 23.2 Å². The summed E-state index contributed by atoms with van der Waals surface area (Å²) in [6, 6.07) is 13.2. The van der Waals surface area contributed by atoms with Gasteiger partial charge in [-0.3, -0.25) is 10.1 Å². The minimum atomic E-state index is -0.821. The summed E-state index contributed by atoms with van der Waals surface area (Å²) in [7, 11) is 0. The van der Waals surface area contributed by atoms with Crippen LogP contribution < -0.4 is 10.1 Å². The predicted octanol–water partition coefficient (Wildman–Crippen LogP) is 4.29. The van der Waals surface area contributed by atoms with Gasteiger partial charge in [0.2, 0.25) is 6.23 Å². The van der Waals surface area contributed by atoms with Crippen molar-refractivity contribution in [3.05, 3.63) is 59.1 Å². The minimum Gasteiger partial charge on any atom is -0.466 e. The lowest BCUT2D eigenvalue weighted by atomic mass is 10.1. The Morgan fingerprint density at radius 3 is 2.64 bits per heavy atom. The Morgan fingerprint density at radius 1 is 1.20 bits per heavy atom. The zero-order chi connectivity index (χ0) is 17.8. The Balaban J connectivity index is 1.75. The van der Waals surface area contributed by atoms with Gasteiger partial charge >= 0.3 is 6.09 Å². The number of carbonyl (C=O) groups is 2. The summed E-state index contributed by atoms with van der Waals surface area (Å²) < 4.78 is 5.72. The van der Waals surface area contributed by atoms with Crippen molar-refractivity contribution in [2.24, 2.45) is 0 Å². The molecule has 1 N–H and O–H groups in total. The maximum Gasteiger partial charge on any atom is 0.436 e. The molecule has 1 aliphatic heterocycles. The fraction of sp³-hybridized carbons (Fsp3) is 0.176. The van der Waals surface area contributed by atoms with Gasteiger partial charge in [0, 0.05) is 23.0 Å². The van der Waals surface area contributed by atoms with Gasteiger partial charge in [-0.25, -0.2) is 4.79 Å². The van der Waals surface area contributed by atoms with Crippen molar-refractivity contribution < 1.29 is 19.2 Å². The second-order valence-electron chi connectivity index (χ2n) is 5.19.